The molecule has 3 heterocycles. The Hall–Kier alpha value is -2.27. The summed E-state index contributed by atoms with van der Waals surface area (Å²) in [5.41, 5.74) is 1.02. The number of furan rings is 1. The predicted molar refractivity (Wildman–Crippen MR) is 104 cm³/mol. The summed E-state index contributed by atoms with van der Waals surface area (Å²) in [5.74, 6) is 2.37. The number of hydrogen-bond acceptors (Lipinski definition) is 4. The highest BCUT2D eigenvalue weighted by molar-refractivity contribution is 5.76. The van der Waals surface area contributed by atoms with Crippen LogP contribution in [0.25, 0.3) is 0 Å². The van der Waals surface area contributed by atoms with Gasteiger partial charge < -0.3 is 14.1 Å². The Bertz CT molecular complexity index is 777. The third-order valence-electron chi connectivity index (χ3n) is 5.95. The highest BCUT2D eigenvalue weighted by Gasteiger charge is 2.43. The van der Waals surface area contributed by atoms with Gasteiger partial charge in [0.2, 0.25) is 5.91 Å². The van der Waals surface area contributed by atoms with Crippen LogP contribution in [0, 0.1) is 0 Å². The number of nitrogens with zero attached hydrogens (tertiary/aromatic N) is 2. The molecule has 1 fully saturated rings. The van der Waals surface area contributed by atoms with Crippen molar-refractivity contribution in [2.24, 2.45) is 0 Å². The lowest BCUT2D eigenvalue weighted by Crippen LogP contribution is -2.50. The Labute approximate surface area is 160 Å². The minimum Gasteiger partial charge on any atom is -0.487 e. The first-order chi connectivity index (χ1) is 13.0. The molecule has 1 spiro atoms. The standard InChI is InChI=1S/C22H28N2O3/c1-23(2)21(25)14-17-15-22(27-20-8-4-3-7-19(17)20)9-11-24(12-10-22)16-18-6-5-13-26-18/h3-8,13,17H,9-12,14-16H2,1-2H3. The molecule has 1 aromatic carbocycles. The molecule has 1 saturated heterocycles. The number of carbonyl (C=O) groups excluding carboxylic acids is 1. The minimum absolute atomic E-state index is 0.161. The van der Waals surface area contributed by atoms with Crippen LogP contribution < -0.4 is 4.74 Å². The molecule has 2 aromatic rings. The van der Waals surface area contributed by atoms with Crippen LogP contribution in [0.2, 0.25) is 0 Å². The summed E-state index contributed by atoms with van der Waals surface area (Å²) in [6, 6.07) is 12.2. The number of benzene rings is 1. The van der Waals surface area contributed by atoms with E-state index < -0.39 is 0 Å². The molecule has 1 aromatic heterocycles. The van der Waals surface area contributed by atoms with Gasteiger partial charge in [-0.15, -0.1) is 0 Å². The van der Waals surface area contributed by atoms with Crippen LogP contribution in [-0.4, -0.2) is 48.5 Å². The third-order valence-corrected chi connectivity index (χ3v) is 5.95. The maximum Gasteiger partial charge on any atom is 0.222 e. The van der Waals surface area contributed by atoms with E-state index in [9.17, 15) is 4.79 Å². The van der Waals surface area contributed by atoms with Crippen molar-refractivity contribution < 1.29 is 13.9 Å². The average molecular weight is 368 g/mol. The molecule has 0 bridgehead atoms. The number of amides is 1. The van der Waals surface area contributed by atoms with Crippen LogP contribution in [0.5, 0.6) is 5.75 Å². The summed E-state index contributed by atoms with van der Waals surface area (Å²) in [7, 11) is 3.66. The summed E-state index contributed by atoms with van der Waals surface area (Å²) < 4.78 is 12.0. The summed E-state index contributed by atoms with van der Waals surface area (Å²) in [5, 5.41) is 0. The number of likely N-dealkylation sites (tertiary alicyclic amines) is 1. The van der Waals surface area contributed by atoms with Crippen LogP contribution in [0.1, 0.15) is 42.9 Å². The number of carbonyl (C=O) groups is 1. The molecular formula is C22H28N2O3. The molecule has 144 valence electrons. The minimum atomic E-state index is -0.161. The number of fused-ring (bicyclic) bond motifs is 1. The second-order valence-electron chi connectivity index (χ2n) is 8.07. The fourth-order valence-corrected chi connectivity index (χ4v) is 4.37. The number of ether oxygens (including phenoxy) is 1. The van der Waals surface area contributed by atoms with Crippen molar-refractivity contribution in [3.8, 4) is 5.75 Å². The number of para-hydroxylation sites is 1. The molecule has 1 amide bonds. The van der Waals surface area contributed by atoms with Crippen LogP contribution in [0.4, 0.5) is 0 Å². The van der Waals surface area contributed by atoms with E-state index in [0.717, 1.165) is 50.4 Å². The second-order valence-corrected chi connectivity index (χ2v) is 8.07. The van der Waals surface area contributed by atoms with Gasteiger partial charge in [-0.05, 0) is 43.0 Å². The Morgan fingerprint density at radius 3 is 2.67 bits per heavy atom. The van der Waals surface area contributed by atoms with E-state index >= 15 is 0 Å². The van der Waals surface area contributed by atoms with Gasteiger partial charge in [-0.3, -0.25) is 9.69 Å². The lowest BCUT2D eigenvalue weighted by Gasteiger charge is -2.47. The van der Waals surface area contributed by atoms with Gasteiger partial charge in [0, 0.05) is 39.5 Å². The molecule has 1 atom stereocenters. The lowest BCUT2D eigenvalue weighted by atomic mass is 9.76. The summed E-state index contributed by atoms with van der Waals surface area (Å²) in [4.78, 5) is 16.5. The maximum absolute atomic E-state index is 12.4. The van der Waals surface area contributed by atoms with Gasteiger partial charge in [-0.25, -0.2) is 0 Å². The smallest absolute Gasteiger partial charge is 0.222 e. The van der Waals surface area contributed by atoms with E-state index in [4.69, 9.17) is 9.15 Å². The van der Waals surface area contributed by atoms with Crippen molar-refractivity contribution in [2.45, 2.75) is 43.7 Å². The predicted octanol–water partition coefficient (Wildman–Crippen LogP) is 3.66. The van der Waals surface area contributed by atoms with Crippen molar-refractivity contribution in [3.05, 3.63) is 54.0 Å². The quantitative estimate of drug-likeness (QED) is 0.826. The first-order valence-electron chi connectivity index (χ1n) is 9.77. The fourth-order valence-electron chi connectivity index (χ4n) is 4.37. The van der Waals surface area contributed by atoms with Crippen molar-refractivity contribution in [2.75, 3.05) is 27.2 Å². The zero-order valence-electron chi connectivity index (χ0n) is 16.2. The van der Waals surface area contributed by atoms with E-state index in [0.29, 0.717) is 6.42 Å². The Morgan fingerprint density at radius 2 is 1.96 bits per heavy atom. The molecule has 1 unspecified atom stereocenters. The topological polar surface area (TPSA) is 45.9 Å². The summed E-state index contributed by atoms with van der Waals surface area (Å²) in [6.07, 6.45) is 5.15. The van der Waals surface area contributed by atoms with E-state index in [1.165, 1.54) is 5.56 Å². The monoisotopic (exact) mass is 368 g/mol. The highest BCUT2D eigenvalue weighted by atomic mass is 16.5. The Morgan fingerprint density at radius 1 is 1.19 bits per heavy atom. The van der Waals surface area contributed by atoms with E-state index in [1.54, 1.807) is 11.2 Å². The van der Waals surface area contributed by atoms with Crippen LogP contribution in [-0.2, 0) is 11.3 Å². The van der Waals surface area contributed by atoms with Crippen LogP contribution in [0.3, 0.4) is 0 Å². The molecule has 2 aliphatic rings. The third kappa shape index (κ3) is 3.88. The van der Waals surface area contributed by atoms with Crippen molar-refractivity contribution in [1.29, 1.82) is 0 Å². The summed E-state index contributed by atoms with van der Waals surface area (Å²) in [6.45, 7) is 2.82. The molecule has 0 saturated carbocycles. The molecule has 0 N–H and O–H groups in total. The van der Waals surface area contributed by atoms with Crippen LogP contribution >= 0.6 is 0 Å². The average Bonchev–Trinajstić information content (AvgIpc) is 3.17. The zero-order chi connectivity index (χ0) is 18.9. The molecule has 2 aliphatic heterocycles. The molecule has 0 radical (unpaired) electrons. The van der Waals surface area contributed by atoms with E-state index in [1.807, 2.05) is 38.4 Å². The number of hydrogen-bond donors (Lipinski definition) is 0. The van der Waals surface area contributed by atoms with Gasteiger partial charge in [0.25, 0.3) is 0 Å². The van der Waals surface area contributed by atoms with E-state index in [-0.39, 0.29) is 17.4 Å². The molecule has 0 aliphatic carbocycles. The SMILES string of the molecule is CN(C)C(=O)CC1CC2(CCN(Cc3ccco3)CC2)Oc2ccccc21. The number of rotatable bonds is 4. The first kappa shape index (κ1) is 18.1. The van der Waals surface area contributed by atoms with Gasteiger partial charge in [-0.1, -0.05) is 18.2 Å². The molecule has 4 rings (SSSR count). The Balaban J connectivity index is 1.48. The van der Waals surface area contributed by atoms with Gasteiger partial charge in [0.05, 0.1) is 12.8 Å². The van der Waals surface area contributed by atoms with Gasteiger partial charge >= 0.3 is 0 Å². The number of piperidine rings is 1. The first-order valence-corrected chi connectivity index (χ1v) is 9.77. The second kappa shape index (κ2) is 7.39. The van der Waals surface area contributed by atoms with Gasteiger partial charge in [-0.2, -0.15) is 0 Å². The normalized spacial score (nSPS) is 21.5. The highest BCUT2D eigenvalue weighted by Crippen LogP contribution is 2.46. The van der Waals surface area contributed by atoms with Crippen molar-refractivity contribution in [1.82, 2.24) is 9.80 Å². The Kier molecular flexibility index (Phi) is 4.96. The molecular weight excluding hydrogens is 340 g/mol. The van der Waals surface area contributed by atoms with Crippen LogP contribution in [0.15, 0.2) is 47.1 Å². The zero-order valence-corrected chi connectivity index (χ0v) is 16.2. The van der Waals surface area contributed by atoms with Crippen molar-refractivity contribution >= 4 is 5.91 Å². The van der Waals surface area contributed by atoms with E-state index in [2.05, 4.69) is 17.0 Å². The van der Waals surface area contributed by atoms with Gasteiger partial charge in [0.15, 0.2) is 0 Å². The van der Waals surface area contributed by atoms with Gasteiger partial charge in [0.1, 0.15) is 17.1 Å². The summed E-state index contributed by atoms with van der Waals surface area (Å²) >= 11 is 0. The molecule has 27 heavy (non-hydrogen) atoms. The largest absolute Gasteiger partial charge is 0.487 e. The molecule has 5 nitrogen and oxygen atoms in total. The lowest BCUT2D eigenvalue weighted by molar-refractivity contribution is -0.129. The van der Waals surface area contributed by atoms with Crippen molar-refractivity contribution in [3.63, 3.8) is 0 Å². The molecule has 5 heteroatoms. The fraction of sp³-hybridized carbons (Fsp3) is 0.500. The maximum atomic E-state index is 12.4.